The lowest BCUT2D eigenvalue weighted by Gasteiger charge is -2.22. The fraction of sp³-hybridized carbons (Fsp3) is 0.316. The minimum Gasteiger partial charge on any atom is -0.301 e. The third kappa shape index (κ3) is 6.94. The van der Waals surface area contributed by atoms with Crippen molar-refractivity contribution in [2.75, 3.05) is 13.2 Å². The van der Waals surface area contributed by atoms with E-state index in [9.17, 15) is 9.36 Å². The molecule has 0 aliphatic heterocycles. The van der Waals surface area contributed by atoms with Crippen LogP contribution in [0, 0.1) is 0 Å². The summed E-state index contributed by atoms with van der Waals surface area (Å²) in [6.07, 6.45) is 0.137. The van der Waals surface area contributed by atoms with Crippen LogP contribution in [0.15, 0.2) is 48.5 Å². The van der Waals surface area contributed by atoms with Crippen molar-refractivity contribution in [3.8, 4) is 0 Å². The molecule has 1 atom stereocenters. The summed E-state index contributed by atoms with van der Waals surface area (Å²) < 4.78 is 23.8. The number of carbonyl (C=O) groups is 1. The summed E-state index contributed by atoms with van der Waals surface area (Å²) in [7, 11) is 0. The topological polar surface area (TPSA) is 52.6 Å². The van der Waals surface area contributed by atoms with Crippen LogP contribution in [-0.2, 0) is 13.6 Å². The van der Waals surface area contributed by atoms with E-state index in [0.717, 1.165) is 16.9 Å². The quantitative estimate of drug-likeness (QED) is 0.284. The third-order valence-electron chi connectivity index (χ3n) is 3.61. The second-order valence-corrected chi connectivity index (χ2v) is 10.6. The van der Waals surface area contributed by atoms with Gasteiger partial charge in [0, 0.05) is 27.3 Å². The molecule has 8 heteroatoms. The second-order valence-electron chi connectivity index (χ2n) is 5.56. The number of Topliss-reactive ketones (excluding diaryl/α,β-unsaturated/α-hetero) is 1. The van der Waals surface area contributed by atoms with Gasteiger partial charge in [0.1, 0.15) is 0 Å². The molecule has 0 aliphatic rings. The third-order valence-corrected chi connectivity index (χ3v) is 8.38. The van der Waals surface area contributed by atoms with Gasteiger partial charge in [-0.3, -0.25) is 4.79 Å². The zero-order valence-electron chi connectivity index (χ0n) is 15.1. The minimum absolute atomic E-state index is 0.0846. The molecule has 0 spiro atoms. The molecule has 2 aromatic carbocycles. The van der Waals surface area contributed by atoms with E-state index in [1.54, 1.807) is 50.2 Å². The summed E-state index contributed by atoms with van der Waals surface area (Å²) in [4.78, 5) is 12.8. The zero-order valence-corrected chi connectivity index (χ0v) is 18.3. The van der Waals surface area contributed by atoms with Crippen LogP contribution >= 0.6 is 41.4 Å². The number of halogens is 2. The van der Waals surface area contributed by atoms with Gasteiger partial charge in [-0.25, -0.2) is 4.57 Å². The number of ketones is 1. The Morgan fingerprint density at radius 2 is 1.44 bits per heavy atom. The average molecular weight is 447 g/mol. The lowest BCUT2D eigenvalue weighted by atomic mass is 10.0. The van der Waals surface area contributed by atoms with Gasteiger partial charge < -0.3 is 9.05 Å². The average Bonchev–Trinajstić information content (AvgIpc) is 2.62. The molecule has 2 aromatic rings. The number of hydrogen-bond donors (Lipinski definition) is 0. The first-order valence-electron chi connectivity index (χ1n) is 8.48. The number of rotatable bonds is 10. The van der Waals surface area contributed by atoms with Crippen LogP contribution < -0.4 is 0 Å². The smallest absolute Gasteiger partial charge is 0.301 e. The molecule has 0 saturated carbocycles. The van der Waals surface area contributed by atoms with E-state index >= 15 is 0 Å². The van der Waals surface area contributed by atoms with Crippen molar-refractivity contribution >= 4 is 47.2 Å². The van der Waals surface area contributed by atoms with Gasteiger partial charge >= 0.3 is 6.80 Å². The first-order valence-corrected chi connectivity index (χ1v) is 12.3. The molecule has 0 bridgehead atoms. The van der Waals surface area contributed by atoms with Crippen LogP contribution in [0.1, 0.15) is 41.4 Å². The van der Waals surface area contributed by atoms with Gasteiger partial charge in [-0.15, -0.1) is 0 Å². The van der Waals surface area contributed by atoms with Crippen LogP contribution in [0.3, 0.4) is 0 Å². The molecule has 27 heavy (non-hydrogen) atoms. The van der Waals surface area contributed by atoms with Crippen molar-refractivity contribution in [2.24, 2.45) is 0 Å². The molecule has 0 saturated heterocycles. The van der Waals surface area contributed by atoms with Crippen LogP contribution in [-0.4, -0.2) is 19.0 Å². The molecule has 2 rings (SSSR count). The predicted molar refractivity (Wildman–Crippen MR) is 113 cm³/mol. The van der Waals surface area contributed by atoms with Gasteiger partial charge in [-0.2, -0.15) is 0 Å². The Bertz CT molecular complexity index is 786. The summed E-state index contributed by atoms with van der Waals surface area (Å²) in [5.74, 6) is -0.0846. The molecule has 0 aliphatic carbocycles. The largest absolute Gasteiger partial charge is 0.389 e. The van der Waals surface area contributed by atoms with Gasteiger partial charge in [0.25, 0.3) is 0 Å². The molecule has 146 valence electrons. The summed E-state index contributed by atoms with van der Waals surface area (Å²) >= 11 is 12.9. The standard InChI is InChI=1S/C19H21Cl2O4PS/c1-3-24-26(23,25-4-2)27-19(15-7-11-17(21)12-8-15)13-18(22)14-5-9-16(20)10-6-14/h5-12,19H,3-4,13H2,1-2H3/t19-/m1/s1. The Kier molecular flexibility index (Phi) is 8.87. The van der Waals surface area contributed by atoms with Crippen molar-refractivity contribution in [3.63, 3.8) is 0 Å². The molecule has 0 fully saturated rings. The van der Waals surface area contributed by atoms with Crippen molar-refractivity contribution in [1.29, 1.82) is 0 Å². The first kappa shape index (κ1) is 22.5. The van der Waals surface area contributed by atoms with E-state index in [0.29, 0.717) is 15.6 Å². The Morgan fingerprint density at radius 3 is 1.93 bits per heavy atom. The monoisotopic (exact) mass is 446 g/mol. The van der Waals surface area contributed by atoms with Crippen LogP contribution in [0.5, 0.6) is 0 Å². The summed E-state index contributed by atoms with van der Waals surface area (Å²) in [6.45, 7) is 0.612. The van der Waals surface area contributed by atoms with E-state index < -0.39 is 12.0 Å². The van der Waals surface area contributed by atoms with Crippen molar-refractivity contribution in [3.05, 3.63) is 69.7 Å². The Balaban J connectivity index is 2.28. The second kappa shape index (κ2) is 10.7. The van der Waals surface area contributed by atoms with E-state index in [-0.39, 0.29) is 25.4 Å². The Hall–Kier alpha value is -0.810. The van der Waals surface area contributed by atoms with Crippen LogP contribution in [0.2, 0.25) is 10.0 Å². The SMILES string of the molecule is CCOP(=O)(OCC)S[C@H](CC(=O)c1ccc(Cl)cc1)c1ccc(Cl)cc1. The van der Waals surface area contributed by atoms with Gasteiger partial charge in [0.15, 0.2) is 5.78 Å². The first-order chi connectivity index (χ1) is 12.9. The molecule has 0 aromatic heterocycles. The summed E-state index contributed by atoms with van der Waals surface area (Å²) in [5.41, 5.74) is 1.37. The number of hydrogen-bond acceptors (Lipinski definition) is 5. The Labute approximate surface area is 173 Å². The van der Waals surface area contributed by atoms with E-state index in [2.05, 4.69) is 0 Å². The van der Waals surface area contributed by atoms with Gasteiger partial charge in [0.2, 0.25) is 0 Å². The predicted octanol–water partition coefficient (Wildman–Crippen LogP) is 7.22. The fourth-order valence-electron chi connectivity index (χ4n) is 2.39. The van der Waals surface area contributed by atoms with Crippen LogP contribution in [0.4, 0.5) is 0 Å². The summed E-state index contributed by atoms with van der Waals surface area (Å²) in [6, 6.07) is 13.8. The molecule has 0 N–H and O–H groups in total. The summed E-state index contributed by atoms with van der Waals surface area (Å²) in [5, 5.41) is 0.742. The maximum Gasteiger partial charge on any atom is 0.389 e. The molecule has 0 amide bonds. The maximum absolute atomic E-state index is 13.0. The maximum atomic E-state index is 13.0. The van der Waals surface area contributed by atoms with Crippen LogP contribution in [0.25, 0.3) is 0 Å². The van der Waals surface area contributed by atoms with E-state index in [4.69, 9.17) is 32.2 Å². The van der Waals surface area contributed by atoms with Crippen molar-refractivity contribution < 1.29 is 18.4 Å². The lowest BCUT2D eigenvalue weighted by Crippen LogP contribution is -2.06. The molecule has 4 nitrogen and oxygen atoms in total. The fourth-order valence-corrected chi connectivity index (χ4v) is 6.80. The molecular formula is C19H21Cl2O4PS. The highest BCUT2D eigenvalue weighted by molar-refractivity contribution is 8.55. The molecule has 0 unspecified atom stereocenters. The van der Waals surface area contributed by atoms with Gasteiger partial charge in [-0.05, 0) is 67.2 Å². The van der Waals surface area contributed by atoms with Gasteiger partial charge in [-0.1, -0.05) is 35.3 Å². The van der Waals surface area contributed by atoms with Crippen molar-refractivity contribution in [2.45, 2.75) is 25.5 Å². The van der Waals surface area contributed by atoms with Crippen molar-refractivity contribution in [1.82, 2.24) is 0 Å². The molecule has 0 radical (unpaired) electrons. The number of benzene rings is 2. The van der Waals surface area contributed by atoms with Gasteiger partial charge in [0.05, 0.1) is 13.2 Å². The highest BCUT2D eigenvalue weighted by atomic mass is 35.5. The lowest BCUT2D eigenvalue weighted by molar-refractivity contribution is 0.0982. The van der Waals surface area contributed by atoms with E-state index in [1.807, 2.05) is 12.1 Å². The Morgan fingerprint density at radius 1 is 0.963 bits per heavy atom. The minimum atomic E-state index is -3.40. The molecular weight excluding hydrogens is 426 g/mol. The van der Waals surface area contributed by atoms with E-state index in [1.165, 1.54) is 0 Å². The molecule has 0 heterocycles. The number of carbonyl (C=O) groups excluding carboxylic acids is 1. The highest BCUT2D eigenvalue weighted by Gasteiger charge is 2.32. The zero-order chi connectivity index (χ0) is 19.9. The normalized spacial score (nSPS) is 12.7. The highest BCUT2D eigenvalue weighted by Crippen LogP contribution is 2.66.